The first-order valence-corrected chi connectivity index (χ1v) is 6.22. The zero-order chi connectivity index (χ0) is 16.2. The maximum atomic E-state index is 12.7. The molecule has 21 heavy (non-hydrogen) atoms. The van der Waals surface area contributed by atoms with Gasteiger partial charge in [0.05, 0.1) is 18.1 Å². The molecule has 0 aromatic heterocycles. The van der Waals surface area contributed by atoms with Gasteiger partial charge in [-0.05, 0) is 18.2 Å². The lowest BCUT2D eigenvalue weighted by Crippen LogP contribution is -2.29. The predicted molar refractivity (Wildman–Crippen MR) is 70.0 cm³/mol. The number of amides is 1. The lowest BCUT2D eigenvalue weighted by atomic mass is 9.97. The summed E-state index contributed by atoms with van der Waals surface area (Å²) >= 11 is 5.59. The third kappa shape index (κ3) is 5.02. The number of rotatable bonds is 6. The first kappa shape index (κ1) is 17.5. The molecule has 1 unspecified atom stereocenters. The molecule has 0 heterocycles. The molecule has 116 valence electrons. The molecule has 4 nitrogen and oxygen atoms in total. The Morgan fingerprint density at radius 2 is 1.95 bits per heavy atom. The van der Waals surface area contributed by atoms with Crippen molar-refractivity contribution < 1.29 is 27.5 Å². The lowest BCUT2D eigenvalue weighted by molar-refractivity contribution is -0.137. The van der Waals surface area contributed by atoms with Crippen LogP contribution in [0.2, 0.25) is 5.02 Å². The number of carbonyl (C=O) groups excluding carboxylic acids is 2. The maximum absolute atomic E-state index is 12.7. The molecule has 0 bridgehead atoms. The molecular formula is C13H13ClF3NO3. The van der Waals surface area contributed by atoms with Gasteiger partial charge in [-0.3, -0.25) is 9.59 Å². The Hall–Kier alpha value is -1.60. The summed E-state index contributed by atoms with van der Waals surface area (Å²) in [6, 6.07) is 2.53. The summed E-state index contributed by atoms with van der Waals surface area (Å²) in [5, 5.41) is -0.212. The van der Waals surface area contributed by atoms with E-state index in [1.165, 1.54) is 7.11 Å². The topological polar surface area (TPSA) is 69.4 Å². The fourth-order valence-electron chi connectivity index (χ4n) is 1.70. The molecule has 0 spiro atoms. The number of hydrogen-bond donors (Lipinski definition) is 1. The van der Waals surface area contributed by atoms with E-state index < -0.39 is 29.3 Å². The minimum Gasteiger partial charge on any atom is -0.384 e. The molecule has 8 heteroatoms. The number of primary amides is 1. The van der Waals surface area contributed by atoms with E-state index >= 15 is 0 Å². The lowest BCUT2D eigenvalue weighted by Gasteiger charge is -2.13. The second-order valence-corrected chi connectivity index (χ2v) is 4.84. The van der Waals surface area contributed by atoms with Crippen LogP contribution in [0.3, 0.4) is 0 Å². The molecule has 0 radical (unpaired) electrons. The fourth-order valence-corrected chi connectivity index (χ4v) is 1.93. The monoisotopic (exact) mass is 323 g/mol. The Bertz CT molecular complexity index is 546. The highest BCUT2D eigenvalue weighted by Crippen LogP contribution is 2.32. The molecule has 0 aliphatic carbocycles. The van der Waals surface area contributed by atoms with Crippen LogP contribution in [0.5, 0.6) is 0 Å². The molecule has 0 aliphatic rings. The largest absolute Gasteiger partial charge is 0.416 e. The number of carbonyl (C=O) groups is 2. The standard InChI is InChI=1S/C13H13ClF3NO3/c1-21-6-8(12(18)20)4-11(19)7-2-9(13(15,16)17)5-10(14)3-7/h2-3,5,8H,4,6H2,1H3,(H2,18,20). The fraction of sp³-hybridized carbons (Fsp3) is 0.385. The Morgan fingerprint density at radius 3 is 2.43 bits per heavy atom. The van der Waals surface area contributed by atoms with Crippen molar-refractivity contribution in [1.82, 2.24) is 0 Å². The summed E-state index contributed by atoms with van der Waals surface area (Å²) in [7, 11) is 1.32. The highest BCUT2D eigenvalue weighted by molar-refractivity contribution is 6.31. The van der Waals surface area contributed by atoms with Gasteiger partial charge in [0.2, 0.25) is 5.91 Å². The third-order valence-electron chi connectivity index (χ3n) is 2.75. The van der Waals surface area contributed by atoms with Crippen LogP contribution in [0.25, 0.3) is 0 Å². The molecule has 0 saturated carbocycles. The van der Waals surface area contributed by atoms with Gasteiger partial charge in [-0.1, -0.05) is 11.6 Å². The van der Waals surface area contributed by atoms with E-state index in [4.69, 9.17) is 22.1 Å². The molecule has 1 atom stereocenters. The Balaban J connectivity index is 3.02. The average Bonchev–Trinajstić information content (AvgIpc) is 2.36. The highest BCUT2D eigenvalue weighted by Gasteiger charge is 2.32. The van der Waals surface area contributed by atoms with Crippen LogP contribution < -0.4 is 5.73 Å². The first-order chi connectivity index (χ1) is 9.65. The van der Waals surface area contributed by atoms with Gasteiger partial charge in [-0.25, -0.2) is 0 Å². The summed E-state index contributed by atoms with van der Waals surface area (Å²) in [5.41, 5.74) is 3.85. The van der Waals surface area contributed by atoms with E-state index in [2.05, 4.69) is 0 Å². The van der Waals surface area contributed by atoms with Crippen molar-refractivity contribution >= 4 is 23.3 Å². The van der Waals surface area contributed by atoms with Crippen LogP contribution in [0, 0.1) is 5.92 Å². The average molecular weight is 324 g/mol. The maximum Gasteiger partial charge on any atom is 0.416 e. The smallest absolute Gasteiger partial charge is 0.384 e. The van der Waals surface area contributed by atoms with Gasteiger partial charge < -0.3 is 10.5 Å². The molecule has 1 aromatic carbocycles. The first-order valence-electron chi connectivity index (χ1n) is 5.84. The van der Waals surface area contributed by atoms with Crippen LogP contribution in [0.4, 0.5) is 13.2 Å². The van der Waals surface area contributed by atoms with Crippen LogP contribution >= 0.6 is 11.6 Å². The minimum atomic E-state index is -4.62. The van der Waals surface area contributed by atoms with Crippen molar-refractivity contribution in [3.05, 3.63) is 34.3 Å². The Kier molecular flexibility index (Phi) is 5.74. The van der Waals surface area contributed by atoms with E-state index in [0.29, 0.717) is 6.07 Å². The van der Waals surface area contributed by atoms with E-state index in [0.717, 1.165) is 12.1 Å². The van der Waals surface area contributed by atoms with Crippen molar-refractivity contribution in [2.24, 2.45) is 11.7 Å². The molecule has 0 aliphatic heterocycles. The van der Waals surface area contributed by atoms with Gasteiger partial charge in [0, 0.05) is 24.1 Å². The van der Waals surface area contributed by atoms with Crippen molar-refractivity contribution in [1.29, 1.82) is 0 Å². The van der Waals surface area contributed by atoms with Gasteiger partial charge in [0.1, 0.15) is 0 Å². The molecule has 1 amide bonds. The van der Waals surface area contributed by atoms with Crippen molar-refractivity contribution in [3.8, 4) is 0 Å². The van der Waals surface area contributed by atoms with Crippen molar-refractivity contribution in [2.75, 3.05) is 13.7 Å². The normalized spacial score (nSPS) is 13.0. The second kappa shape index (κ2) is 6.91. The van der Waals surface area contributed by atoms with E-state index in [9.17, 15) is 22.8 Å². The minimum absolute atomic E-state index is 0.0895. The van der Waals surface area contributed by atoms with Gasteiger partial charge in [-0.2, -0.15) is 13.2 Å². The van der Waals surface area contributed by atoms with Crippen LogP contribution in [0.15, 0.2) is 18.2 Å². The van der Waals surface area contributed by atoms with E-state index in [-0.39, 0.29) is 23.6 Å². The number of methoxy groups -OCH3 is 1. The molecule has 1 aromatic rings. The van der Waals surface area contributed by atoms with E-state index in [1.54, 1.807) is 0 Å². The van der Waals surface area contributed by atoms with Crippen LogP contribution in [-0.4, -0.2) is 25.4 Å². The van der Waals surface area contributed by atoms with Crippen molar-refractivity contribution in [2.45, 2.75) is 12.6 Å². The molecular weight excluding hydrogens is 311 g/mol. The number of ketones is 1. The van der Waals surface area contributed by atoms with E-state index in [1.807, 2.05) is 0 Å². The van der Waals surface area contributed by atoms with Gasteiger partial charge in [0.25, 0.3) is 0 Å². The quantitative estimate of drug-likeness (QED) is 0.818. The summed E-state index contributed by atoms with van der Waals surface area (Å²) in [6.45, 7) is -0.0895. The summed E-state index contributed by atoms with van der Waals surface area (Å²) in [5.74, 6) is -2.33. The Labute approximate surface area is 124 Å². The molecule has 0 fully saturated rings. The second-order valence-electron chi connectivity index (χ2n) is 4.41. The number of hydrogen-bond acceptors (Lipinski definition) is 3. The summed E-state index contributed by atoms with van der Waals surface area (Å²) < 4.78 is 42.7. The van der Waals surface area contributed by atoms with Crippen LogP contribution in [-0.2, 0) is 15.7 Å². The van der Waals surface area contributed by atoms with Gasteiger partial charge >= 0.3 is 6.18 Å². The SMILES string of the molecule is COCC(CC(=O)c1cc(Cl)cc(C(F)(F)F)c1)C(N)=O. The number of benzene rings is 1. The van der Waals surface area contributed by atoms with Gasteiger partial charge in [-0.15, -0.1) is 0 Å². The number of nitrogens with two attached hydrogens (primary N) is 1. The zero-order valence-corrected chi connectivity index (χ0v) is 11.8. The van der Waals surface area contributed by atoms with Gasteiger partial charge in [0.15, 0.2) is 5.78 Å². The molecule has 0 saturated heterocycles. The van der Waals surface area contributed by atoms with Crippen LogP contribution in [0.1, 0.15) is 22.3 Å². The third-order valence-corrected chi connectivity index (χ3v) is 2.97. The Morgan fingerprint density at radius 1 is 1.33 bits per heavy atom. The number of ether oxygens (including phenoxy) is 1. The zero-order valence-electron chi connectivity index (χ0n) is 11.0. The number of Topliss-reactive ketones (excluding diaryl/α,β-unsaturated/α-hetero) is 1. The number of halogens is 4. The van der Waals surface area contributed by atoms with Crippen molar-refractivity contribution in [3.63, 3.8) is 0 Å². The molecule has 1 rings (SSSR count). The summed E-state index contributed by atoms with van der Waals surface area (Å²) in [6.07, 6.45) is -4.96. The molecule has 2 N–H and O–H groups in total. The summed E-state index contributed by atoms with van der Waals surface area (Å²) in [4.78, 5) is 23.1. The highest BCUT2D eigenvalue weighted by atomic mass is 35.5. The number of alkyl halides is 3. The predicted octanol–water partition coefficient (Wildman–Crippen LogP) is 2.68.